The van der Waals surface area contributed by atoms with Gasteiger partial charge in [-0.1, -0.05) is 6.07 Å². The van der Waals surface area contributed by atoms with Gasteiger partial charge >= 0.3 is 0 Å². The van der Waals surface area contributed by atoms with Gasteiger partial charge in [0, 0.05) is 32.1 Å². The van der Waals surface area contributed by atoms with Crippen LogP contribution in [-0.4, -0.2) is 63.9 Å². The fourth-order valence-corrected chi connectivity index (χ4v) is 2.98. The Morgan fingerprint density at radius 2 is 1.96 bits per heavy atom. The number of nitrogens with two attached hydrogens (primary N) is 1. The number of carbonyl (C=O) groups is 1. The minimum Gasteiger partial charge on any atom is -0.493 e. The SMILES string of the molecule is COc1ccc(C(CNC(=O)CC(C)N)N2CCOCC2)cc1OC. The summed E-state index contributed by atoms with van der Waals surface area (Å²) in [6.45, 7) is 5.37. The molecule has 2 unspecified atom stereocenters. The Labute approximate surface area is 149 Å². The summed E-state index contributed by atoms with van der Waals surface area (Å²) in [5, 5.41) is 3.00. The van der Waals surface area contributed by atoms with Crippen molar-refractivity contribution in [3.8, 4) is 11.5 Å². The molecule has 7 heteroatoms. The van der Waals surface area contributed by atoms with E-state index in [4.69, 9.17) is 19.9 Å². The summed E-state index contributed by atoms with van der Waals surface area (Å²) in [7, 11) is 3.24. The van der Waals surface area contributed by atoms with Gasteiger partial charge in [-0.25, -0.2) is 0 Å². The molecule has 140 valence electrons. The minimum atomic E-state index is -0.150. The van der Waals surface area contributed by atoms with Crippen LogP contribution < -0.4 is 20.5 Å². The van der Waals surface area contributed by atoms with Crippen molar-refractivity contribution in [3.05, 3.63) is 23.8 Å². The van der Waals surface area contributed by atoms with Crippen LogP contribution in [0.2, 0.25) is 0 Å². The number of rotatable bonds is 8. The molecule has 1 aliphatic heterocycles. The Bertz CT molecular complexity index is 559. The molecule has 1 aromatic rings. The van der Waals surface area contributed by atoms with E-state index in [0.29, 0.717) is 37.7 Å². The molecule has 1 fully saturated rings. The summed E-state index contributed by atoms with van der Waals surface area (Å²) < 4.78 is 16.2. The Hall–Kier alpha value is -1.83. The molecule has 0 radical (unpaired) electrons. The number of carbonyl (C=O) groups excluding carboxylic acids is 1. The highest BCUT2D eigenvalue weighted by Gasteiger charge is 2.24. The lowest BCUT2D eigenvalue weighted by Gasteiger charge is -2.35. The van der Waals surface area contributed by atoms with Crippen LogP contribution in [0.5, 0.6) is 11.5 Å². The summed E-state index contributed by atoms with van der Waals surface area (Å²) in [5.74, 6) is 1.34. The van der Waals surface area contributed by atoms with Crippen molar-refractivity contribution in [1.82, 2.24) is 10.2 Å². The van der Waals surface area contributed by atoms with Gasteiger partial charge in [0.15, 0.2) is 11.5 Å². The Morgan fingerprint density at radius 3 is 2.56 bits per heavy atom. The lowest BCUT2D eigenvalue weighted by Crippen LogP contribution is -2.44. The molecule has 2 atom stereocenters. The first kappa shape index (κ1) is 19.5. The molecule has 7 nitrogen and oxygen atoms in total. The molecule has 0 aliphatic carbocycles. The molecule has 0 saturated carbocycles. The van der Waals surface area contributed by atoms with Gasteiger partial charge in [-0.3, -0.25) is 9.69 Å². The van der Waals surface area contributed by atoms with E-state index in [2.05, 4.69) is 10.2 Å². The van der Waals surface area contributed by atoms with E-state index < -0.39 is 0 Å². The van der Waals surface area contributed by atoms with Crippen molar-refractivity contribution in [2.45, 2.75) is 25.4 Å². The van der Waals surface area contributed by atoms with Gasteiger partial charge in [0.2, 0.25) is 5.91 Å². The summed E-state index contributed by atoms with van der Waals surface area (Å²) in [6.07, 6.45) is 0.321. The molecule has 1 heterocycles. The molecule has 0 spiro atoms. The van der Waals surface area contributed by atoms with Crippen LogP contribution in [0.3, 0.4) is 0 Å². The summed E-state index contributed by atoms with van der Waals surface area (Å²) >= 11 is 0. The molecule has 1 aromatic carbocycles. The van der Waals surface area contributed by atoms with E-state index in [-0.39, 0.29) is 18.0 Å². The molecular weight excluding hydrogens is 322 g/mol. The second kappa shape index (κ2) is 9.60. The largest absolute Gasteiger partial charge is 0.493 e. The summed E-state index contributed by atoms with van der Waals surface area (Å²) in [4.78, 5) is 14.3. The zero-order chi connectivity index (χ0) is 18.2. The molecule has 0 bridgehead atoms. The number of hydrogen-bond acceptors (Lipinski definition) is 6. The minimum absolute atomic E-state index is 0.0336. The van der Waals surface area contributed by atoms with Gasteiger partial charge in [0.1, 0.15) is 0 Å². The van der Waals surface area contributed by atoms with E-state index in [1.54, 1.807) is 14.2 Å². The smallest absolute Gasteiger partial charge is 0.221 e. The fourth-order valence-electron chi connectivity index (χ4n) is 2.98. The highest BCUT2D eigenvalue weighted by atomic mass is 16.5. The van der Waals surface area contributed by atoms with Crippen molar-refractivity contribution in [1.29, 1.82) is 0 Å². The first-order chi connectivity index (χ1) is 12.0. The number of amides is 1. The molecule has 25 heavy (non-hydrogen) atoms. The zero-order valence-corrected chi connectivity index (χ0v) is 15.3. The van der Waals surface area contributed by atoms with E-state index in [1.165, 1.54) is 0 Å². The lowest BCUT2D eigenvalue weighted by atomic mass is 10.0. The number of nitrogens with one attached hydrogen (secondary N) is 1. The highest BCUT2D eigenvalue weighted by molar-refractivity contribution is 5.76. The van der Waals surface area contributed by atoms with Crippen LogP contribution in [0.25, 0.3) is 0 Å². The standard InChI is InChI=1S/C18H29N3O4/c1-13(19)10-18(22)20-12-15(21-6-8-25-9-7-21)14-4-5-16(23-2)17(11-14)24-3/h4-5,11,13,15H,6-10,12,19H2,1-3H3,(H,20,22). The van der Waals surface area contributed by atoms with Gasteiger partial charge in [0.25, 0.3) is 0 Å². The van der Waals surface area contributed by atoms with Gasteiger partial charge < -0.3 is 25.3 Å². The van der Waals surface area contributed by atoms with Crippen LogP contribution in [0.1, 0.15) is 24.9 Å². The van der Waals surface area contributed by atoms with Gasteiger partial charge in [-0.2, -0.15) is 0 Å². The Morgan fingerprint density at radius 1 is 1.28 bits per heavy atom. The monoisotopic (exact) mass is 351 g/mol. The average Bonchev–Trinajstić information content (AvgIpc) is 2.62. The van der Waals surface area contributed by atoms with Crippen molar-refractivity contribution >= 4 is 5.91 Å². The van der Waals surface area contributed by atoms with Crippen molar-refractivity contribution in [3.63, 3.8) is 0 Å². The van der Waals surface area contributed by atoms with Crippen LogP contribution >= 0.6 is 0 Å². The zero-order valence-electron chi connectivity index (χ0n) is 15.3. The predicted molar refractivity (Wildman–Crippen MR) is 96.0 cm³/mol. The quantitative estimate of drug-likeness (QED) is 0.725. The van der Waals surface area contributed by atoms with Gasteiger partial charge in [-0.15, -0.1) is 0 Å². The topological polar surface area (TPSA) is 86.0 Å². The summed E-state index contributed by atoms with van der Waals surface area (Å²) in [5.41, 5.74) is 6.78. The predicted octanol–water partition coefficient (Wildman–Crippen LogP) is 0.931. The lowest BCUT2D eigenvalue weighted by molar-refractivity contribution is -0.121. The van der Waals surface area contributed by atoms with Gasteiger partial charge in [0.05, 0.1) is 33.5 Å². The molecule has 0 aromatic heterocycles. The third-order valence-electron chi connectivity index (χ3n) is 4.28. The number of benzene rings is 1. The molecule has 1 saturated heterocycles. The van der Waals surface area contributed by atoms with Gasteiger partial charge in [-0.05, 0) is 24.6 Å². The average molecular weight is 351 g/mol. The van der Waals surface area contributed by atoms with E-state index >= 15 is 0 Å². The van der Waals surface area contributed by atoms with E-state index in [9.17, 15) is 4.79 Å². The maximum atomic E-state index is 12.0. The summed E-state index contributed by atoms with van der Waals surface area (Å²) in [6, 6.07) is 5.77. The highest BCUT2D eigenvalue weighted by Crippen LogP contribution is 2.32. The Balaban J connectivity index is 2.17. The number of hydrogen-bond donors (Lipinski definition) is 2. The Kier molecular flexibility index (Phi) is 7.49. The van der Waals surface area contributed by atoms with E-state index in [0.717, 1.165) is 18.7 Å². The fraction of sp³-hybridized carbons (Fsp3) is 0.611. The van der Waals surface area contributed by atoms with E-state index in [1.807, 2.05) is 25.1 Å². The second-order valence-electron chi connectivity index (χ2n) is 6.26. The van der Waals surface area contributed by atoms with Crippen LogP contribution in [0.15, 0.2) is 18.2 Å². The van der Waals surface area contributed by atoms with Crippen LogP contribution in [0.4, 0.5) is 0 Å². The molecule has 1 aliphatic rings. The normalized spacial score (nSPS) is 17.6. The van der Waals surface area contributed by atoms with Crippen molar-refractivity contribution in [2.24, 2.45) is 5.73 Å². The van der Waals surface area contributed by atoms with Crippen LogP contribution in [0, 0.1) is 0 Å². The first-order valence-electron chi connectivity index (χ1n) is 8.61. The van der Waals surface area contributed by atoms with Crippen LogP contribution in [-0.2, 0) is 9.53 Å². The molecular formula is C18H29N3O4. The third-order valence-corrected chi connectivity index (χ3v) is 4.28. The first-order valence-corrected chi connectivity index (χ1v) is 8.61. The number of ether oxygens (including phenoxy) is 3. The van der Waals surface area contributed by atoms with Crippen molar-refractivity contribution in [2.75, 3.05) is 47.1 Å². The third kappa shape index (κ3) is 5.59. The number of nitrogens with zero attached hydrogens (tertiary/aromatic N) is 1. The molecule has 3 N–H and O–H groups in total. The second-order valence-corrected chi connectivity index (χ2v) is 6.26. The maximum absolute atomic E-state index is 12.0. The number of methoxy groups -OCH3 is 2. The molecule has 2 rings (SSSR count). The molecule has 1 amide bonds. The maximum Gasteiger partial charge on any atom is 0.221 e. The number of morpholine rings is 1. The van der Waals surface area contributed by atoms with Crippen molar-refractivity contribution < 1.29 is 19.0 Å².